The van der Waals surface area contributed by atoms with Crippen LogP contribution in [0.4, 0.5) is 0 Å². The van der Waals surface area contributed by atoms with Gasteiger partial charge in [0.25, 0.3) is 0 Å². The lowest BCUT2D eigenvalue weighted by Gasteiger charge is -2.28. The van der Waals surface area contributed by atoms with Crippen LogP contribution in [0.5, 0.6) is 0 Å². The van der Waals surface area contributed by atoms with Crippen LogP contribution in [0, 0.1) is 0 Å². The molecule has 1 rings (SSSR count). The largest absolute Gasteiger partial charge is 0.335 e. The highest BCUT2D eigenvalue weighted by Crippen LogP contribution is 2.28. The van der Waals surface area contributed by atoms with Gasteiger partial charge in [-0.25, -0.2) is 8.42 Å². The molecule has 7 heteroatoms. The molecule has 0 heterocycles. The van der Waals surface area contributed by atoms with E-state index in [1.165, 1.54) is 6.26 Å². The van der Waals surface area contributed by atoms with Gasteiger partial charge in [-0.05, 0) is 26.8 Å². The van der Waals surface area contributed by atoms with E-state index < -0.39 is 9.84 Å². The molecule has 0 aromatic carbocycles. The first-order chi connectivity index (χ1) is 7.35. The zero-order chi connectivity index (χ0) is 12.3. The molecule has 0 aromatic heterocycles. The number of nitrogens with one attached hydrogen (secondary N) is 1. The SMILES string of the molecule is CNCC(=O)N(C(C)CS(C)(=O)=O)C1CC1.Cl. The molecule has 0 spiro atoms. The summed E-state index contributed by atoms with van der Waals surface area (Å²) in [6.45, 7) is 2.07. The van der Waals surface area contributed by atoms with Crippen molar-refractivity contribution in [2.45, 2.75) is 31.8 Å². The highest BCUT2D eigenvalue weighted by Gasteiger charge is 2.36. The second-order valence-electron chi connectivity index (χ2n) is 4.50. The summed E-state index contributed by atoms with van der Waals surface area (Å²) in [5, 5.41) is 2.81. The van der Waals surface area contributed by atoms with Gasteiger partial charge < -0.3 is 10.2 Å². The number of carbonyl (C=O) groups is 1. The number of rotatable bonds is 6. The monoisotopic (exact) mass is 284 g/mol. The van der Waals surface area contributed by atoms with E-state index in [4.69, 9.17) is 0 Å². The molecule has 0 bridgehead atoms. The molecular formula is C10H21ClN2O3S. The molecule has 17 heavy (non-hydrogen) atoms. The smallest absolute Gasteiger partial charge is 0.237 e. The second kappa shape index (κ2) is 6.56. The molecule has 1 amide bonds. The number of sulfone groups is 1. The van der Waals surface area contributed by atoms with Gasteiger partial charge in [0.15, 0.2) is 0 Å². The number of likely N-dealkylation sites (N-methyl/N-ethyl adjacent to an activating group) is 1. The third-order valence-corrected chi connectivity index (χ3v) is 3.66. The number of amides is 1. The maximum atomic E-state index is 11.8. The minimum Gasteiger partial charge on any atom is -0.335 e. The Kier molecular flexibility index (Phi) is 6.43. The molecule has 0 radical (unpaired) electrons. The maximum Gasteiger partial charge on any atom is 0.237 e. The first-order valence-electron chi connectivity index (χ1n) is 5.48. The number of carbonyl (C=O) groups excluding carboxylic acids is 1. The Hall–Kier alpha value is -0.330. The third-order valence-electron chi connectivity index (χ3n) is 2.58. The van der Waals surface area contributed by atoms with Crippen molar-refractivity contribution < 1.29 is 13.2 Å². The molecule has 1 unspecified atom stereocenters. The van der Waals surface area contributed by atoms with E-state index >= 15 is 0 Å². The van der Waals surface area contributed by atoms with Gasteiger partial charge in [-0.2, -0.15) is 0 Å². The molecule has 1 fully saturated rings. The average Bonchev–Trinajstić information content (AvgIpc) is 2.85. The predicted molar refractivity (Wildman–Crippen MR) is 70.2 cm³/mol. The first-order valence-corrected chi connectivity index (χ1v) is 7.54. The van der Waals surface area contributed by atoms with Crippen molar-refractivity contribution in [3.63, 3.8) is 0 Å². The fourth-order valence-electron chi connectivity index (χ4n) is 1.92. The van der Waals surface area contributed by atoms with E-state index in [0.717, 1.165) is 12.8 Å². The minimum absolute atomic E-state index is 0. The molecule has 0 saturated heterocycles. The van der Waals surface area contributed by atoms with Crippen LogP contribution in [-0.2, 0) is 14.6 Å². The predicted octanol–water partition coefficient (Wildman–Crippen LogP) is 0.0517. The number of nitrogens with zero attached hydrogens (tertiary/aromatic N) is 1. The number of halogens is 1. The molecule has 5 nitrogen and oxygen atoms in total. The van der Waals surface area contributed by atoms with Crippen LogP contribution >= 0.6 is 12.4 Å². The zero-order valence-corrected chi connectivity index (χ0v) is 12.1. The fourth-order valence-corrected chi connectivity index (χ4v) is 2.96. The van der Waals surface area contributed by atoms with E-state index in [-0.39, 0.29) is 42.7 Å². The Morgan fingerprint density at radius 1 is 1.47 bits per heavy atom. The molecule has 1 atom stereocenters. The molecule has 1 aliphatic carbocycles. The van der Waals surface area contributed by atoms with Crippen molar-refractivity contribution in [3.05, 3.63) is 0 Å². The van der Waals surface area contributed by atoms with Crippen LogP contribution in [0.15, 0.2) is 0 Å². The van der Waals surface area contributed by atoms with Crippen molar-refractivity contribution >= 4 is 28.2 Å². The van der Waals surface area contributed by atoms with Crippen molar-refractivity contribution in [1.29, 1.82) is 0 Å². The van der Waals surface area contributed by atoms with Gasteiger partial charge in [0.1, 0.15) is 9.84 Å². The molecule has 102 valence electrons. The number of hydrogen-bond donors (Lipinski definition) is 1. The third kappa shape index (κ3) is 5.70. The quantitative estimate of drug-likeness (QED) is 0.749. The summed E-state index contributed by atoms with van der Waals surface area (Å²) < 4.78 is 22.4. The van der Waals surface area contributed by atoms with E-state index in [1.807, 2.05) is 0 Å². The van der Waals surface area contributed by atoms with Gasteiger partial charge in [-0.1, -0.05) is 0 Å². The standard InChI is InChI=1S/C10H20N2O3S.ClH/c1-8(7-16(3,14)15)12(9-4-5-9)10(13)6-11-2;/h8-9,11H,4-7H2,1-3H3;1H. The lowest BCUT2D eigenvalue weighted by Crippen LogP contribution is -2.46. The molecule has 0 aromatic rings. The summed E-state index contributed by atoms with van der Waals surface area (Å²) in [5.41, 5.74) is 0. The molecular weight excluding hydrogens is 264 g/mol. The van der Waals surface area contributed by atoms with Crippen molar-refractivity contribution in [2.75, 3.05) is 25.6 Å². The Morgan fingerprint density at radius 3 is 2.35 bits per heavy atom. The van der Waals surface area contributed by atoms with Crippen LogP contribution < -0.4 is 5.32 Å². The van der Waals surface area contributed by atoms with Crippen molar-refractivity contribution in [1.82, 2.24) is 10.2 Å². The summed E-state index contributed by atoms with van der Waals surface area (Å²) in [6.07, 6.45) is 3.18. The Labute approximate surface area is 109 Å². The summed E-state index contributed by atoms with van der Waals surface area (Å²) in [7, 11) is -1.32. The Morgan fingerprint density at radius 2 is 2.00 bits per heavy atom. The normalized spacial score (nSPS) is 17.1. The van der Waals surface area contributed by atoms with Gasteiger partial charge in [0.05, 0.1) is 12.3 Å². The Balaban J connectivity index is 0.00000256. The van der Waals surface area contributed by atoms with Crippen LogP contribution in [-0.4, -0.2) is 56.9 Å². The molecule has 1 saturated carbocycles. The van der Waals surface area contributed by atoms with Gasteiger partial charge in [-0.3, -0.25) is 4.79 Å². The fraction of sp³-hybridized carbons (Fsp3) is 0.900. The second-order valence-corrected chi connectivity index (χ2v) is 6.69. The minimum atomic E-state index is -3.04. The molecule has 0 aliphatic heterocycles. The highest BCUT2D eigenvalue weighted by molar-refractivity contribution is 7.90. The van der Waals surface area contributed by atoms with Crippen molar-refractivity contribution in [2.24, 2.45) is 0 Å². The highest BCUT2D eigenvalue weighted by atomic mass is 35.5. The zero-order valence-electron chi connectivity index (χ0n) is 10.5. The summed E-state index contributed by atoms with van der Waals surface area (Å²) in [5.74, 6) is 0.0278. The maximum absolute atomic E-state index is 11.8. The molecule has 1 aliphatic rings. The summed E-state index contributed by atoms with van der Waals surface area (Å²) >= 11 is 0. The summed E-state index contributed by atoms with van der Waals surface area (Å²) in [6, 6.07) is 0.0148. The van der Waals surface area contributed by atoms with Gasteiger partial charge in [0.2, 0.25) is 5.91 Å². The van der Waals surface area contributed by atoms with Gasteiger partial charge >= 0.3 is 0 Å². The van der Waals surface area contributed by atoms with E-state index in [0.29, 0.717) is 0 Å². The molecule has 1 N–H and O–H groups in total. The van der Waals surface area contributed by atoms with E-state index in [2.05, 4.69) is 5.32 Å². The Bertz CT molecular complexity index is 355. The lowest BCUT2D eigenvalue weighted by atomic mass is 10.3. The van der Waals surface area contributed by atoms with Crippen LogP contribution in [0.2, 0.25) is 0 Å². The average molecular weight is 285 g/mol. The number of hydrogen-bond acceptors (Lipinski definition) is 4. The summed E-state index contributed by atoms with van der Waals surface area (Å²) in [4.78, 5) is 13.5. The van der Waals surface area contributed by atoms with E-state index in [1.54, 1.807) is 18.9 Å². The van der Waals surface area contributed by atoms with Gasteiger partial charge in [-0.15, -0.1) is 12.4 Å². The van der Waals surface area contributed by atoms with E-state index in [9.17, 15) is 13.2 Å². The van der Waals surface area contributed by atoms with Crippen LogP contribution in [0.25, 0.3) is 0 Å². The van der Waals surface area contributed by atoms with Gasteiger partial charge in [0, 0.05) is 18.3 Å². The first kappa shape index (κ1) is 16.7. The van der Waals surface area contributed by atoms with Crippen LogP contribution in [0.1, 0.15) is 19.8 Å². The van der Waals surface area contributed by atoms with Crippen molar-refractivity contribution in [3.8, 4) is 0 Å². The topological polar surface area (TPSA) is 66.5 Å². The lowest BCUT2D eigenvalue weighted by molar-refractivity contribution is -0.132. The van der Waals surface area contributed by atoms with Crippen LogP contribution in [0.3, 0.4) is 0 Å².